The van der Waals surface area contributed by atoms with E-state index in [1.54, 1.807) is 6.07 Å². The van der Waals surface area contributed by atoms with E-state index in [2.05, 4.69) is 4.84 Å². The average molecular weight is 181 g/mol. The molecule has 0 radical (unpaired) electrons. The number of aryl methyl sites for hydroxylation is 2. The van der Waals surface area contributed by atoms with Crippen LogP contribution in [0, 0.1) is 13.8 Å². The lowest BCUT2D eigenvalue weighted by molar-refractivity contribution is 0.0500. The molecule has 3 N–H and O–H groups in total. The number of hydrogen-bond donors (Lipinski definition) is 2. The zero-order valence-electron chi connectivity index (χ0n) is 7.50. The number of benzene rings is 1. The van der Waals surface area contributed by atoms with Gasteiger partial charge in [-0.05, 0) is 37.1 Å². The predicted molar refractivity (Wildman–Crippen MR) is 47.2 cm³/mol. The van der Waals surface area contributed by atoms with E-state index in [4.69, 9.17) is 5.90 Å². The van der Waals surface area contributed by atoms with Crippen LogP contribution in [0.2, 0.25) is 0 Å². The van der Waals surface area contributed by atoms with Gasteiger partial charge in [-0.3, -0.25) is 0 Å². The highest BCUT2D eigenvalue weighted by Crippen LogP contribution is 2.21. The topological polar surface area (TPSA) is 72.5 Å². The van der Waals surface area contributed by atoms with Crippen LogP contribution in [0.3, 0.4) is 0 Å². The summed E-state index contributed by atoms with van der Waals surface area (Å²) in [5.41, 5.74) is 1.90. The lowest BCUT2D eigenvalue weighted by atomic mass is 10.1. The molecule has 4 heteroatoms. The number of rotatable bonds is 1. The van der Waals surface area contributed by atoms with Gasteiger partial charge in [-0.25, -0.2) is 4.79 Å². The van der Waals surface area contributed by atoms with E-state index in [0.717, 1.165) is 11.1 Å². The molecule has 1 aromatic rings. The summed E-state index contributed by atoms with van der Waals surface area (Å²) in [6.45, 7) is 3.68. The van der Waals surface area contributed by atoms with Crippen molar-refractivity contribution >= 4 is 5.97 Å². The molecule has 0 spiro atoms. The van der Waals surface area contributed by atoms with E-state index in [1.807, 2.05) is 13.8 Å². The summed E-state index contributed by atoms with van der Waals surface area (Å²) >= 11 is 0. The molecule has 0 saturated heterocycles. The standard InChI is InChI=1S/C9H11NO3/c1-5-3-7(9(12)13-10)8(11)4-6(5)2/h3-4,11H,10H2,1-2H3. The first-order valence-electron chi connectivity index (χ1n) is 3.77. The molecule has 0 amide bonds. The Bertz CT molecular complexity index is 347. The lowest BCUT2D eigenvalue weighted by Gasteiger charge is -2.05. The van der Waals surface area contributed by atoms with Crippen molar-refractivity contribution in [1.82, 2.24) is 0 Å². The van der Waals surface area contributed by atoms with Gasteiger partial charge >= 0.3 is 5.97 Å². The Morgan fingerprint density at radius 1 is 1.38 bits per heavy atom. The fourth-order valence-corrected chi connectivity index (χ4v) is 1.03. The minimum atomic E-state index is -0.736. The van der Waals surface area contributed by atoms with Crippen LogP contribution in [0.15, 0.2) is 12.1 Å². The van der Waals surface area contributed by atoms with Crippen LogP contribution in [-0.2, 0) is 4.84 Å². The molecular formula is C9H11NO3. The van der Waals surface area contributed by atoms with Crippen molar-refractivity contribution in [3.05, 3.63) is 28.8 Å². The van der Waals surface area contributed by atoms with E-state index >= 15 is 0 Å². The third-order valence-corrected chi connectivity index (χ3v) is 1.94. The smallest absolute Gasteiger partial charge is 0.360 e. The SMILES string of the molecule is Cc1cc(O)c(C(=O)ON)cc1C. The first kappa shape index (κ1) is 9.54. The second-order valence-electron chi connectivity index (χ2n) is 2.86. The van der Waals surface area contributed by atoms with Crippen LogP contribution in [0.25, 0.3) is 0 Å². The van der Waals surface area contributed by atoms with Gasteiger partial charge in [0.25, 0.3) is 0 Å². The van der Waals surface area contributed by atoms with Crippen molar-refractivity contribution < 1.29 is 14.7 Å². The van der Waals surface area contributed by atoms with E-state index < -0.39 is 5.97 Å². The molecule has 0 atom stereocenters. The van der Waals surface area contributed by atoms with Crippen molar-refractivity contribution in [3.8, 4) is 5.75 Å². The minimum absolute atomic E-state index is 0.0885. The highest BCUT2D eigenvalue weighted by Gasteiger charge is 2.12. The highest BCUT2D eigenvalue weighted by molar-refractivity contribution is 5.92. The quantitative estimate of drug-likeness (QED) is 0.635. The van der Waals surface area contributed by atoms with Gasteiger partial charge in [-0.15, -0.1) is 0 Å². The molecule has 70 valence electrons. The first-order valence-corrected chi connectivity index (χ1v) is 3.77. The molecule has 1 aromatic carbocycles. The number of carbonyl (C=O) groups excluding carboxylic acids is 1. The molecule has 0 aliphatic carbocycles. The summed E-state index contributed by atoms with van der Waals surface area (Å²) in [5.74, 6) is 3.85. The number of carbonyl (C=O) groups is 1. The molecule has 0 aliphatic rings. The summed E-state index contributed by atoms with van der Waals surface area (Å²) in [6.07, 6.45) is 0. The first-order chi connectivity index (χ1) is 6.06. The summed E-state index contributed by atoms with van der Waals surface area (Å²) in [5, 5.41) is 9.36. The molecule has 4 nitrogen and oxygen atoms in total. The number of phenolic OH excluding ortho intramolecular Hbond substituents is 1. The highest BCUT2D eigenvalue weighted by atomic mass is 16.7. The second kappa shape index (κ2) is 3.45. The Hall–Kier alpha value is -1.55. The molecule has 13 heavy (non-hydrogen) atoms. The fourth-order valence-electron chi connectivity index (χ4n) is 1.03. The van der Waals surface area contributed by atoms with Crippen molar-refractivity contribution in [2.75, 3.05) is 0 Å². The summed E-state index contributed by atoms with van der Waals surface area (Å²) in [4.78, 5) is 15.0. The third kappa shape index (κ3) is 1.78. The normalized spacial score (nSPS) is 9.77. The zero-order valence-corrected chi connectivity index (χ0v) is 7.50. The van der Waals surface area contributed by atoms with E-state index in [-0.39, 0.29) is 11.3 Å². The fraction of sp³-hybridized carbons (Fsp3) is 0.222. The average Bonchev–Trinajstić information content (AvgIpc) is 2.10. The van der Waals surface area contributed by atoms with Crippen LogP contribution >= 0.6 is 0 Å². The number of hydrogen-bond acceptors (Lipinski definition) is 4. The van der Waals surface area contributed by atoms with Gasteiger partial charge in [0, 0.05) is 0 Å². The molecule has 0 heterocycles. The Kier molecular flexibility index (Phi) is 2.53. The number of phenols is 1. The van der Waals surface area contributed by atoms with Crippen molar-refractivity contribution in [1.29, 1.82) is 0 Å². The summed E-state index contributed by atoms with van der Waals surface area (Å²) in [7, 11) is 0. The van der Waals surface area contributed by atoms with Gasteiger partial charge in [0.1, 0.15) is 11.3 Å². The maximum Gasteiger partial charge on any atom is 0.360 e. The number of nitrogens with two attached hydrogens (primary N) is 1. The third-order valence-electron chi connectivity index (χ3n) is 1.94. The number of aromatic hydroxyl groups is 1. The molecule has 0 aliphatic heterocycles. The van der Waals surface area contributed by atoms with Crippen molar-refractivity contribution in [3.63, 3.8) is 0 Å². The summed E-state index contributed by atoms with van der Waals surface area (Å²) in [6, 6.07) is 3.04. The van der Waals surface area contributed by atoms with Crippen molar-refractivity contribution in [2.45, 2.75) is 13.8 Å². The molecular weight excluding hydrogens is 170 g/mol. The van der Waals surface area contributed by atoms with Crippen molar-refractivity contribution in [2.24, 2.45) is 5.90 Å². The molecule has 0 fully saturated rings. The maximum atomic E-state index is 11.0. The van der Waals surface area contributed by atoms with E-state index in [0.29, 0.717) is 0 Å². The Labute approximate surface area is 75.9 Å². The van der Waals surface area contributed by atoms with Gasteiger partial charge in [0.15, 0.2) is 0 Å². The monoisotopic (exact) mass is 181 g/mol. The molecule has 1 rings (SSSR count). The largest absolute Gasteiger partial charge is 0.507 e. The molecule has 0 bridgehead atoms. The van der Waals surface area contributed by atoms with Crippen LogP contribution in [0.4, 0.5) is 0 Å². The van der Waals surface area contributed by atoms with Gasteiger partial charge in [-0.1, -0.05) is 0 Å². The van der Waals surface area contributed by atoms with Crippen LogP contribution < -0.4 is 5.90 Å². The Morgan fingerprint density at radius 2 is 1.92 bits per heavy atom. The van der Waals surface area contributed by atoms with Crippen LogP contribution in [0.1, 0.15) is 21.5 Å². The second-order valence-corrected chi connectivity index (χ2v) is 2.86. The molecule has 0 aromatic heterocycles. The van der Waals surface area contributed by atoms with Crippen LogP contribution in [-0.4, -0.2) is 11.1 Å². The van der Waals surface area contributed by atoms with Gasteiger partial charge in [0.05, 0.1) is 0 Å². The van der Waals surface area contributed by atoms with E-state index in [1.165, 1.54) is 6.07 Å². The Balaban J connectivity index is 3.23. The van der Waals surface area contributed by atoms with Gasteiger partial charge < -0.3 is 9.94 Å². The van der Waals surface area contributed by atoms with Gasteiger partial charge in [0.2, 0.25) is 0 Å². The molecule has 0 unspecified atom stereocenters. The molecule has 0 saturated carbocycles. The van der Waals surface area contributed by atoms with Gasteiger partial charge in [-0.2, -0.15) is 5.90 Å². The zero-order chi connectivity index (χ0) is 10.0. The summed E-state index contributed by atoms with van der Waals surface area (Å²) < 4.78 is 0. The Morgan fingerprint density at radius 3 is 2.46 bits per heavy atom. The minimum Gasteiger partial charge on any atom is -0.507 e. The van der Waals surface area contributed by atoms with E-state index in [9.17, 15) is 9.90 Å². The van der Waals surface area contributed by atoms with Crippen LogP contribution in [0.5, 0.6) is 5.75 Å². The maximum absolute atomic E-state index is 11.0. The lowest BCUT2D eigenvalue weighted by Crippen LogP contribution is -2.10. The predicted octanol–water partition coefficient (Wildman–Crippen LogP) is 1.04.